The summed E-state index contributed by atoms with van der Waals surface area (Å²) in [5.74, 6) is -1.55. The summed E-state index contributed by atoms with van der Waals surface area (Å²) in [4.78, 5) is 34.7. The van der Waals surface area contributed by atoms with Gasteiger partial charge < -0.3 is 15.7 Å². The second kappa shape index (κ2) is 21.1. The third-order valence-corrected chi connectivity index (χ3v) is 5.02. The molecule has 0 aromatic heterocycles. The highest BCUT2D eigenvalue weighted by Crippen LogP contribution is 2.09. The monoisotopic (exact) mass is 436 g/mol. The van der Waals surface area contributed by atoms with Gasteiger partial charge >= 0.3 is 5.97 Å². The lowest BCUT2D eigenvalue weighted by atomic mass is 10.1. The minimum atomic E-state index is -1.10. The molecule has 0 bridgehead atoms. The molecule has 0 aromatic carbocycles. The van der Waals surface area contributed by atoms with E-state index in [0.29, 0.717) is 13.0 Å². The zero-order valence-corrected chi connectivity index (χ0v) is 19.7. The predicted molar refractivity (Wildman–Crippen MR) is 127 cm³/mol. The van der Waals surface area contributed by atoms with Gasteiger partial charge in [-0.25, -0.2) is 4.79 Å². The first kappa shape index (κ1) is 28.9. The number of carboxylic acid groups (broad SMARTS) is 1. The van der Waals surface area contributed by atoms with Crippen molar-refractivity contribution in [1.29, 1.82) is 0 Å². The molecule has 0 aliphatic carbocycles. The van der Waals surface area contributed by atoms with Crippen LogP contribution in [0.5, 0.6) is 0 Å². The first-order chi connectivity index (χ1) is 15.0. The van der Waals surface area contributed by atoms with Gasteiger partial charge in [0.05, 0.1) is 0 Å². The molecule has 0 spiro atoms. The van der Waals surface area contributed by atoms with Gasteiger partial charge in [-0.3, -0.25) is 9.59 Å². The van der Waals surface area contributed by atoms with Crippen molar-refractivity contribution in [3.8, 4) is 0 Å². The van der Waals surface area contributed by atoms with E-state index >= 15 is 0 Å². The van der Waals surface area contributed by atoms with E-state index in [-0.39, 0.29) is 24.7 Å². The normalized spacial score (nSPS) is 12.3. The van der Waals surface area contributed by atoms with Crippen molar-refractivity contribution in [2.24, 2.45) is 0 Å². The molecular formula is C25H44N2O4. The zero-order valence-electron chi connectivity index (χ0n) is 19.7. The predicted octanol–water partition coefficient (Wildman–Crippen LogP) is 5.29. The number of carbonyl (C=O) groups excluding carboxylic acids is 2. The van der Waals surface area contributed by atoms with Crippen LogP contribution < -0.4 is 10.6 Å². The van der Waals surface area contributed by atoms with Gasteiger partial charge in [0, 0.05) is 19.4 Å². The number of nitrogens with one attached hydrogen (secondary N) is 2. The summed E-state index contributed by atoms with van der Waals surface area (Å²) < 4.78 is 0. The molecule has 0 saturated heterocycles. The molecular weight excluding hydrogens is 392 g/mol. The molecule has 1 atom stereocenters. The number of carboxylic acids is 1. The first-order valence-corrected chi connectivity index (χ1v) is 12.1. The molecule has 0 aromatic rings. The maximum atomic E-state index is 12.0. The molecule has 0 saturated carbocycles. The zero-order chi connectivity index (χ0) is 23.2. The molecule has 0 rings (SSSR count). The van der Waals surface area contributed by atoms with E-state index in [9.17, 15) is 19.5 Å². The molecule has 0 aliphatic rings. The Balaban J connectivity index is 3.70. The Morgan fingerprint density at radius 1 is 0.774 bits per heavy atom. The average Bonchev–Trinajstić information content (AvgIpc) is 2.73. The standard InChI is InChI=1S/C25H44N2O4/c1-3-5-6-7-8-9-10-11-12-13-14-15-16-17-18-19-24(29)27-22(25(30)31)20-21-23(28)26-4-2/h8-9,11-12,22H,3-7,10,13-21H2,1-2H3,(H,26,28)(H,27,29)(H,30,31)/b9-8-,12-11-/t22-/m0/s1. The Morgan fingerprint density at radius 3 is 2.00 bits per heavy atom. The molecule has 0 aliphatic heterocycles. The van der Waals surface area contributed by atoms with E-state index < -0.39 is 12.0 Å². The minimum absolute atomic E-state index is 0.0920. The van der Waals surface area contributed by atoms with Crippen molar-refractivity contribution in [1.82, 2.24) is 10.6 Å². The van der Waals surface area contributed by atoms with Crippen molar-refractivity contribution in [3.63, 3.8) is 0 Å². The lowest BCUT2D eigenvalue weighted by Gasteiger charge is -2.14. The topological polar surface area (TPSA) is 95.5 Å². The fourth-order valence-electron chi connectivity index (χ4n) is 3.18. The summed E-state index contributed by atoms with van der Waals surface area (Å²) in [6.45, 7) is 4.54. The molecule has 0 fully saturated rings. The molecule has 6 nitrogen and oxygen atoms in total. The van der Waals surface area contributed by atoms with Gasteiger partial charge in [0.2, 0.25) is 11.8 Å². The van der Waals surface area contributed by atoms with Crippen molar-refractivity contribution >= 4 is 17.8 Å². The molecule has 0 unspecified atom stereocenters. The number of allylic oxidation sites excluding steroid dienone is 4. The lowest BCUT2D eigenvalue weighted by Crippen LogP contribution is -2.41. The molecule has 178 valence electrons. The van der Waals surface area contributed by atoms with Crippen LogP contribution in [0.4, 0.5) is 0 Å². The summed E-state index contributed by atoms with van der Waals surface area (Å²) >= 11 is 0. The number of rotatable bonds is 20. The van der Waals surface area contributed by atoms with Gasteiger partial charge in [0.1, 0.15) is 6.04 Å². The van der Waals surface area contributed by atoms with Crippen LogP contribution in [0.15, 0.2) is 24.3 Å². The Morgan fingerprint density at radius 2 is 1.39 bits per heavy atom. The molecule has 6 heteroatoms. The van der Waals surface area contributed by atoms with E-state index in [1.807, 2.05) is 0 Å². The number of aliphatic carboxylic acids is 1. The van der Waals surface area contributed by atoms with Crippen LogP contribution in [0, 0.1) is 0 Å². The second-order valence-electron chi connectivity index (χ2n) is 7.93. The average molecular weight is 437 g/mol. The van der Waals surface area contributed by atoms with Crippen molar-refractivity contribution in [3.05, 3.63) is 24.3 Å². The highest BCUT2D eigenvalue weighted by Gasteiger charge is 2.20. The van der Waals surface area contributed by atoms with Gasteiger partial charge in [0.15, 0.2) is 0 Å². The SMILES string of the molecule is CCCCC/C=C\C/C=C\CCCCCCCC(=O)N[C@@H](CCC(=O)NCC)C(=O)O. The summed E-state index contributed by atoms with van der Waals surface area (Å²) in [6.07, 6.45) is 21.8. The first-order valence-electron chi connectivity index (χ1n) is 12.1. The Labute approximate surface area is 188 Å². The molecule has 0 heterocycles. The van der Waals surface area contributed by atoms with E-state index in [4.69, 9.17) is 0 Å². The van der Waals surface area contributed by atoms with Crippen molar-refractivity contribution in [2.75, 3.05) is 6.54 Å². The second-order valence-corrected chi connectivity index (χ2v) is 7.93. The van der Waals surface area contributed by atoms with Gasteiger partial charge in [-0.1, -0.05) is 63.3 Å². The maximum Gasteiger partial charge on any atom is 0.326 e. The van der Waals surface area contributed by atoms with Gasteiger partial charge in [-0.05, 0) is 51.9 Å². The van der Waals surface area contributed by atoms with Crippen LogP contribution in [-0.2, 0) is 14.4 Å². The number of hydrogen-bond acceptors (Lipinski definition) is 3. The summed E-state index contributed by atoms with van der Waals surface area (Å²) in [5, 5.41) is 14.4. The van der Waals surface area contributed by atoms with Gasteiger partial charge in [-0.2, -0.15) is 0 Å². The lowest BCUT2D eigenvalue weighted by molar-refractivity contribution is -0.142. The van der Waals surface area contributed by atoms with Crippen molar-refractivity contribution in [2.45, 2.75) is 110 Å². The third-order valence-electron chi connectivity index (χ3n) is 5.02. The Kier molecular flexibility index (Phi) is 19.7. The fourth-order valence-corrected chi connectivity index (χ4v) is 3.18. The highest BCUT2D eigenvalue weighted by molar-refractivity contribution is 5.84. The van der Waals surface area contributed by atoms with Gasteiger partial charge in [0.25, 0.3) is 0 Å². The summed E-state index contributed by atoms with van der Waals surface area (Å²) in [6, 6.07) is -1.01. The highest BCUT2D eigenvalue weighted by atomic mass is 16.4. The summed E-state index contributed by atoms with van der Waals surface area (Å²) in [7, 11) is 0. The smallest absolute Gasteiger partial charge is 0.326 e. The minimum Gasteiger partial charge on any atom is -0.480 e. The van der Waals surface area contributed by atoms with Crippen LogP contribution in [-0.4, -0.2) is 35.5 Å². The quantitative estimate of drug-likeness (QED) is 0.179. The van der Waals surface area contributed by atoms with Crippen LogP contribution in [0.25, 0.3) is 0 Å². The third kappa shape index (κ3) is 19.6. The number of carbonyl (C=O) groups is 3. The van der Waals surface area contributed by atoms with Crippen LogP contribution in [0.2, 0.25) is 0 Å². The molecule has 3 N–H and O–H groups in total. The van der Waals surface area contributed by atoms with Crippen LogP contribution in [0.3, 0.4) is 0 Å². The Bertz CT molecular complexity index is 544. The molecule has 2 amide bonds. The molecule has 0 radical (unpaired) electrons. The largest absolute Gasteiger partial charge is 0.480 e. The van der Waals surface area contributed by atoms with Crippen molar-refractivity contribution < 1.29 is 19.5 Å². The number of amides is 2. The van der Waals surface area contributed by atoms with E-state index in [2.05, 4.69) is 41.9 Å². The van der Waals surface area contributed by atoms with Crippen LogP contribution in [0.1, 0.15) is 104 Å². The molecule has 31 heavy (non-hydrogen) atoms. The Hall–Kier alpha value is -2.11. The van der Waals surface area contributed by atoms with E-state index in [0.717, 1.165) is 44.9 Å². The van der Waals surface area contributed by atoms with E-state index in [1.54, 1.807) is 6.92 Å². The van der Waals surface area contributed by atoms with Crippen LogP contribution >= 0.6 is 0 Å². The number of unbranched alkanes of at least 4 members (excludes halogenated alkanes) is 8. The van der Waals surface area contributed by atoms with E-state index in [1.165, 1.54) is 25.7 Å². The van der Waals surface area contributed by atoms with Gasteiger partial charge in [-0.15, -0.1) is 0 Å². The summed E-state index contributed by atoms with van der Waals surface area (Å²) in [5.41, 5.74) is 0. The fraction of sp³-hybridized carbons (Fsp3) is 0.720. The number of hydrogen-bond donors (Lipinski definition) is 3. The maximum absolute atomic E-state index is 12.0.